The number of thioether (sulfide) groups is 1. The van der Waals surface area contributed by atoms with E-state index < -0.39 is 0 Å². The molecule has 0 spiro atoms. The minimum absolute atomic E-state index is 0.369. The molecule has 0 atom stereocenters. The highest BCUT2D eigenvalue weighted by molar-refractivity contribution is 7.98. The molecule has 1 aromatic heterocycles. The fourth-order valence-electron chi connectivity index (χ4n) is 1.70. The average molecular weight is 275 g/mol. The van der Waals surface area contributed by atoms with Crippen LogP contribution in [0.5, 0.6) is 5.75 Å². The first-order chi connectivity index (χ1) is 9.22. The second kappa shape index (κ2) is 6.43. The molecule has 0 amide bonds. The second-order valence-corrected chi connectivity index (χ2v) is 4.85. The highest BCUT2D eigenvalue weighted by atomic mass is 32.2. The molecule has 0 saturated carbocycles. The Kier molecular flexibility index (Phi) is 4.63. The van der Waals surface area contributed by atoms with E-state index in [2.05, 4.69) is 15.3 Å². The standard InChI is InChI=1S/C14H17N3OS/c1-10-8-13(15-2)17-14(16-10)9-18-11-6-4-5-7-12(11)19-3/h4-8H,9H2,1-3H3,(H,15,16,17). The molecule has 5 heteroatoms. The first kappa shape index (κ1) is 13.7. The van der Waals surface area contributed by atoms with E-state index in [0.717, 1.165) is 22.2 Å². The highest BCUT2D eigenvalue weighted by Crippen LogP contribution is 2.27. The van der Waals surface area contributed by atoms with Crippen LogP contribution < -0.4 is 10.1 Å². The summed E-state index contributed by atoms with van der Waals surface area (Å²) in [6, 6.07) is 9.86. The maximum absolute atomic E-state index is 5.79. The summed E-state index contributed by atoms with van der Waals surface area (Å²) in [4.78, 5) is 9.85. The van der Waals surface area contributed by atoms with Crippen molar-refractivity contribution in [1.82, 2.24) is 9.97 Å². The maximum Gasteiger partial charge on any atom is 0.168 e. The van der Waals surface area contributed by atoms with Crippen LogP contribution in [-0.2, 0) is 6.61 Å². The van der Waals surface area contributed by atoms with Crippen LogP contribution in [-0.4, -0.2) is 23.3 Å². The molecule has 0 aliphatic carbocycles. The third-order valence-electron chi connectivity index (χ3n) is 2.58. The lowest BCUT2D eigenvalue weighted by atomic mass is 10.3. The normalized spacial score (nSPS) is 10.3. The lowest BCUT2D eigenvalue weighted by Crippen LogP contribution is -2.05. The second-order valence-electron chi connectivity index (χ2n) is 4.00. The van der Waals surface area contributed by atoms with Gasteiger partial charge in [0.2, 0.25) is 0 Å². The van der Waals surface area contributed by atoms with Crippen LogP contribution in [0.3, 0.4) is 0 Å². The zero-order chi connectivity index (χ0) is 13.7. The Morgan fingerprint density at radius 2 is 2.05 bits per heavy atom. The van der Waals surface area contributed by atoms with Crippen LogP contribution >= 0.6 is 11.8 Å². The Balaban J connectivity index is 2.12. The molecule has 0 unspecified atom stereocenters. The summed E-state index contributed by atoms with van der Waals surface area (Å²) >= 11 is 1.66. The van der Waals surface area contributed by atoms with E-state index in [-0.39, 0.29) is 0 Å². The van der Waals surface area contributed by atoms with Gasteiger partial charge in [-0.05, 0) is 25.3 Å². The molecule has 1 aromatic carbocycles. The zero-order valence-electron chi connectivity index (χ0n) is 11.3. The number of para-hydroxylation sites is 1. The average Bonchev–Trinajstić information content (AvgIpc) is 2.44. The molecule has 0 radical (unpaired) electrons. The van der Waals surface area contributed by atoms with E-state index in [1.165, 1.54) is 0 Å². The third kappa shape index (κ3) is 3.61. The van der Waals surface area contributed by atoms with Crippen LogP contribution in [0, 0.1) is 6.92 Å². The number of anilines is 1. The summed E-state index contributed by atoms with van der Waals surface area (Å²) in [5, 5.41) is 3.02. The fourth-order valence-corrected chi connectivity index (χ4v) is 2.25. The van der Waals surface area contributed by atoms with Gasteiger partial charge in [0.15, 0.2) is 5.82 Å². The summed E-state index contributed by atoms with van der Waals surface area (Å²) in [7, 11) is 1.84. The van der Waals surface area contributed by atoms with E-state index in [1.807, 2.05) is 50.6 Å². The van der Waals surface area contributed by atoms with E-state index in [4.69, 9.17) is 4.74 Å². The van der Waals surface area contributed by atoms with Gasteiger partial charge in [0.25, 0.3) is 0 Å². The van der Waals surface area contributed by atoms with Crippen LogP contribution in [0.25, 0.3) is 0 Å². The van der Waals surface area contributed by atoms with E-state index in [1.54, 1.807) is 11.8 Å². The van der Waals surface area contributed by atoms with Crippen LogP contribution in [0.4, 0.5) is 5.82 Å². The Morgan fingerprint density at radius 1 is 1.26 bits per heavy atom. The van der Waals surface area contributed by atoms with Gasteiger partial charge in [0.1, 0.15) is 18.2 Å². The molecule has 1 N–H and O–H groups in total. The van der Waals surface area contributed by atoms with Crippen molar-refractivity contribution in [3.05, 3.63) is 41.9 Å². The lowest BCUT2D eigenvalue weighted by Gasteiger charge is -2.10. The van der Waals surface area contributed by atoms with Crippen LogP contribution in [0.2, 0.25) is 0 Å². The van der Waals surface area contributed by atoms with Gasteiger partial charge >= 0.3 is 0 Å². The number of aromatic nitrogens is 2. The lowest BCUT2D eigenvalue weighted by molar-refractivity contribution is 0.289. The number of benzene rings is 1. The van der Waals surface area contributed by atoms with Gasteiger partial charge in [-0.25, -0.2) is 9.97 Å². The highest BCUT2D eigenvalue weighted by Gasteiger charge is 2.05. The topological polar surface area (TPSA) is 47.0 Å². The quantitative estimate of drug-likeness (QED) is 0.849. The van der Waals surface area contributed by atoms with Crippen molar-refractivity contribution in [3.63, 3.8) is 0 Å². The van der Waals surface area contributed by atoms with Gasteiger partial charge in [-0.2, -0.15) is 0 Å². The first-order valence-corrected chi connectivity index (χ1v) is 7.23. The largest absolute Gasteiger partial charge is 0.484 e. The number of nitrogens with one attached hydrogen (secondary N) is 1. The van der Waals surface area contributed by atoms with Crippen molar-refractivity contribution in [1.29, 1.82) is 0 Å². The zero-order valence-corrected chi connectivity index (χ0v) is 12.1. The molecule has 100 valence electrons. The number of hydrogen-bond acceptors (Lipinski definition) is 5. The van der Waals surface area contributed by atoms with Crippen molar-refractivity contribution in [2.45, 2.75) is 18.4 Å². The summed E-state index contributed by atoms with van der Waals surface area (Å²) in [5.41, 5.74) is 0.927. The molecule has 0 bridgehead atoms. The van der Waals surface area contributed by atoms with E-state index in [0.29, 0.717) is 12.4 Å². The van der Waals surface area contributed by atoms with Crippen molar-refractivity contribution in [2.75, 3.05) is 18.6 Å². The van der Waals surface area contributed by atoms with Gasteiger partial charge in [0.05, 0.1) is 0 Å². The van der Waals surface area contributed by atoms with Crippen LogP contribution in [0.15, 0.2) is 35.2 Å². The summed E-state index contributed by atoms with van der Waals surface area (Å²) < 4.78 is 5.79. The molecule has 2 rings (SSSR count). The number of rotatable bonds is 5. The Bertz CT molecular complexity index is 560. The molecule has 0 fully saturated rings. The SMILES string of the molecule is CNc1cc(C)nc(COc2ccccc2SC)n1. The van der Waals surface area contributed by atoms with E-state index >= 15 is 0 Å². The van der Waals surface area contributed by atoms with Crippen molar-refractivity contribution < 1.29 is 4.74 Å². The molecule has 0 aliphatic heterocycles. The maximum atomic E-state index is 5.79. The first-order valence-electron chi connectivity index (χ1n) is 6.01. The van der Waals surface area contributed by atoms with Gasteiger partial charge in [0, 0.05) is 23.7 Å². The van der Waals surface area contributed by atoms with E-state index in [9.17, 15) is 0 Å². The van der Waals surface area contributed by atoms with Crippen molar-refractivity contribution in [2.24, 2.45) is 0 Å². The molecule has 4 nitrogen and oxygen atoms in total. The van der Waals surface area contributed by atoms with Gasteiger partial charge < -0.3 is 10.1 Å². The van der Waals surface area contributed by atoms with Crippen molar-refractivity contribution >= 4 is 17.6 Å². The summed E-state index contributed by atoms with van der Waals surface area (Å²) in [6.07, 6.45) is 2.03. The minimum atomic E-state index is 0.369. The molecule has 0 saturated heterocycles. The van der Waals surface area contributed by atoms with Gasteiger partial charge in [-0.15, -0.1) is 11.8 Å². The molecule has 2 aromatic rings. The third-order valence-corrected chi connectivity index (χ3v) is 3.36. The molecule has 0 aliphatic rings. The number of hydrogen-bond donors (Lipinski definition) is 1. The summed E-state index contributed by atoms with van der Waals surface area (Å²) in [5.74, 6) is 2.36. The summed E-state index contributed by atoms with van der Waals surface area (Å²) in [6.45, 7) is 2.32. The monoisotopic (exact) mass is 275 g/mol. The van der Waals surface area contributed by atoms with Gasteiger partial charge in [-0.3, -0.25) is 0 Å². The molecule has 19 heavy (non-hydrogen) atoms. The molecular formula is C14H17N3OS. The van der Waals surface area contributed by atoms with Gasteiger partial charge in [-0.1, -0.05) is 12.1 Å². The molecular weight excluding hydrogens is 258 g/mol. The Labute approximate surface area is 117 Å². The predicted molar refractivity (Wildman–Crippen MR) is 78.9 cm³/mol. The minimum Gasteiger partial charge on any atom is -0.484 e. The number of nitrogens with zero attached hydrogens (tertiary/aromatic N) is 2. The number of aryl methyl sites for hydroxylation is 1. The Hall–Kier alpha value is -1.75. The fraction of sp³-hybridized carbons (Fsp3) is 0.286. The predicted octanol–water partition coefficient (Wildman–Crippen LogP) is 3.13. The van der Waals surface area contributed by atoms with Crippen LogP contribution in [0.1, 0.15) is 11.5 Å². The number of ether oxygens (including phenoxy) is 1. The van der Waals surface area contributed by atoms with Crippen molar-refractivity contribution in [3.8, 4) is 5.75 Å². The molecule has 1 heterocycles. The smallest absolute Gasteiger partial charge is 0.168 e. The Morgan fingerprint density at radius 3 is 2.79 bits per heavy atom.